The minimum atomic E-state index is -0.676. The van der Waals surface area contributed by atoms with E-state index in [0.29, 0.717) is 13.1 Å². The molecule has 0 amide bonds. The van der Waals surface area contributed by atoms with Gasteiger partial charge in [0.1, 0.15) is 5.82 Å². The maximum Gasteiger partial charge on any atom is 0.311 e. The monoisotopic (exact) mass is 314 g/mol. The number of likely N-dealkylation sites (tertiary alicyclic amines) is 1. The van der Waals surface area contributed by atoms with Crippen molar-refractivity contribution in [3.8, 4) is 0 Å². The Balaban J connectivity index is 1.64. The van der Waals surface area contributed by atoms with Gasteiger partial charge < -0.3 is 5.11 Å². The van der Waals surface area contributed by atoms with Crippen molar-refractivity contribution in [3.05, 3.63) is 41.8 Å². The van der Waals surface area contributed by atoms with Crippen LogP contribution >= 0.6 is 0 Å². The van der Waals surface area contributed by atoms with Crippen molar-refractivity contribution < 1.29 is 14.3 Å². The van der Waals surface area contributed by atoms with Gasteiger partial charge in [-0.25, -0.2) is 4.39 Å². The van der Waals surface area contributed by atoms with Crippen LogP contribution < -0.4 is 0 Å². The predicted molar refractivity (Wildman–Crippen MR) is 84.4 cm³/mol. The number of carboxylic acids is 1. The fourth-order valence-electron chi connectivity index (χ4n) is 4.45. The topological polar surface area (TPSA) is 53.4 Å². The van der Waals surface area contributed by atoms with Crippen molar-refractivity contribution in [2.45, 2.75) is 25.8 Å². The van der Waals surface area contributed by atoms with Gasteiger partial charge in [0, 0.05) is 31.2 Å². The fraction of sp³-hybridized carbons (Fsp3) is 0.444. The molecule has 1 aliphatic heterocycles. The van der Waals surface area contributed by atoms with Gasteiger partial charge in [-0.05, 0) is 42.5 Å². The molecule has 1 N–H and O–H groups in total. The highest BCUT2D eigenvalue weighted by Gasteiger charge is 2.54. The Kier molecular flexibility index (Phi) is 3.34. The Morgan fingerprint density at radius 1 is 1.48 bits per heavy atom. The second-order valence-corrected chi connectivity index (χ2v) is 6.86. The van der Waals surface area contributed by atoms with Crippen LogP contribution in [-0.4, -0.2) is 34.0 Å². The molecule has 2 fully saturated rings. The lowest BCUT2D eigenvalue weighted by molar-refractivity contribution is -0.149. The third-order valence-electron chi connectivity index (χ3n) is 5.51. The molecule has 1 saturated carbocycles. The first-order valence-electron chi connectivity index (χ1n) is 8.07. The summed E-state index contributed by atoms with van der Waals surface area (Å²) >= 11 is 0. The molecule has 4 nitrogen and oxygen atoms in total. The van der Waals surface area contributed by atoms with E-state index in [-0.39, 0.29) is 11.7 Å². The Morgan fingerprint density at radius 3 is 3.13 bits per heavy atom. The van der Waals surface area contributed by atoms with E-state index in [1.165, 1.54) is 12.1 Å². The molecule has 0 spiro atoms. The summed E-state index contributed by atoms with van der Waals surface area (Å²) in [6.07, 6.45) is 4.44. The molecular formula is C18H19FN2O2. The summed E-state index contributed by atoms with van der Waals surface area (Å²) in [6.45, 7) is 1.88. The molecule has 23 heavy (non-hydrogen) atoms. The van der Waals surface area contributed by atoms with Crippen molar-refractivity contribution in [2.24, 2.45) is 11.3 Å². The second kappa shape index (κ2) is 5.27. The highest BCUT2D eigenvalue weighted by Crippen LogP contribution is 2.49. The molecule has 1 aromatic heterocycles. The molecule has 120 valence electrons. The number of pyridine rings is 1. The second-order valence-electron chi connectivity index (χ2n) is 6.86. The maximum absolute atomic E-state index is 13.9. The number of halogens is 1. The minimum absolute atomic E-state index is 0.216. The first-order chi connectivity index (χ1) is 11.1. The van der Waals surface area contributed by atoms with E-state index in [9.17, 15) is 14.3 Å². The normalized spacial score (nSPS) is 27.4. The van der Waals surface area contributed by atoms with Gasteiger partial charge in [-0.2, -0.15) is 0 Å². The number of aromatic nitrogens is 1. The number of benzene rings is 1. The van der Waals surface area contributed by atoms with E-state index < -0.39 is 11.4 Å². The van der Waals surface area contributed by atoms with Crippen LogP contribution in [0.5, 0.6) is 0 Å². The maximum atomic E-state index is 13.9. The molecule has 0 bridgehead atoms. The van der Waals surface area contributed by atoms with Crippen LogP contribution in [0.1, 0.15) is 24.8 Å². The number of fused-ring (bicyclic) bond motifs is 2. The molecule has 0 radical (unpaired) electrons. The molecule has 2 atom stereocenters. The molecule has 1 aromatic carbocycles. The number of carbonyl (C=O) groups is 1. The highest BCUT2D eigenvalue weighted by atomic mass is 19.1. The standard InChI is InChI=1S/C18H19FN2O2/c19-15-7-12-3-2-6-20-16(12)13(8-15)9-21-10-14-4-1-5-18(14,11-21)17(22)23/h2-3,6-8,14H,1,4-5,9-11H2,(H,22,23)/t14-,18+/m0/s1. The predicted octanol–water partition coefficient (Wildman–Crippen LogP) is 3.06. The van der Waals surface area contributed by atoms with E-state index >= 15 is 0 Å². The van der Waals surface area contributed by atoms with Gasteiger partial charge in [-0.3, -0.25) is 14.7 Å². The van der Waals surface area contributed by atoms with Crippen molar-refractivity contribution in [1.82, 2.24) is 9.88 Å². The Bertz CT molecular complexity index is 779. The van der Waals surface area contributed by atoms with E-state index in [0.717, 1.165) is 42.3 Å². The number of aliphatic carboxylic acids is 1. The van der Waals surface area contributed by atoms with Gasteiger partial charge >= 0.3 is 5.97 Å². The molecule has 1 saturated heterocycles. The zero-order valence-corrected chi connectivity index (χ0v) is 12.8. The van der Waals surface area contributed by atoms with Gasteiger partial charge in [-0.15, -0.1) is 0 Å². The Labute approximate surface area is 133 Å². The third-order valence-corrected chi connectivity index (χ3v) is 5.51. The smallest absolute Gasteiger partial charge is 0.311 e. The summed E-state index contributed by atoms with van der Waals surface area (Å²) in [4.78, 5) is 18.3. The van der Waals surface area contributed by atoms with Crippen LogP contribution in [0, 0.1) is 17.2 Å². The molecule has 0 unspecified atom stereocenters. The van der Waals surface area contributed by atoms with E-state index in [1.807, 2.05) is 6.07 Å². The molecule has 2 aliphatic rings. The molecule has 1 aliphatic carbocycles. The lowest BCUT2D eigenvalue weighted by Crippen LogP contribution is -2.35. The lowest BCUT2D eigenvalue weighted by Gasteiger charge is -2.23. The van der Waals surface area contributed by atoms with Gasteiger partial charge in [0.25, 0.3) is 0 Å². The number of hydrogen-bond acceptors (Lipinski definition) is 3. The van der Waals surface area contributed by atoms with Gasteiger partial charge in [0.2, 0.25) is 0 Å². The average Bonchev–Trinajstić information content (AvgIpc) is 3.04. The van der Waals surface area contributed by atoms with Gasteiger partial charge in [0.05, 0.1) is 10.9 Å². The molecule has 5 heteroatoms. The van der Waals surface area contributed by atoms with E-state index in [4.69, 9.17) is 0 Å². The van der Waals surface area contributed by atoms with Gasteiger partial charge in [0.15, 0.2) is 0 Å². The SMILES string of the molecule is O=C(O)[C@@]12CCC[C@H]1CN(Cc1cc(F)cc3cccnc13)C2. The zero-order chi connectivity index (χ0) is 16.0. The molecule has 2 aromatic rings. The van der Waals surface area contributed by atoms with Crippen molar-refractivity contribution in [1.29, 1.82) is 0 Å². The zero-order valence-electron chi connectivity index (χ0n) is 12.8. The van der Waals surface area contributed by atoms with Crippen LogP contribution in [0.15, 0.2) is 30.5 Å². The summed E-state index contributed by atoms with van der Waals surface area (Å²) in [6, 6.07) is 6.66. The number of hydrogen-bond donors (Lipinski definition) is 1. The fourth-order valence-corrected chi connectivity index (χ4v) is 4.45. The van der Waals surface area contributed by atoms with E-state index in [1.54, 1.807) is 12.3 Å². The van der Waals surface area contributed by atoms with Crippen molar-refractivity contribution in [3.63, 3.8) is 0 Å². The first kappa shape index (κ1) is 14.6. The minimum Gasteiger partial charge on any atom is -0.481 e. The average molecular weight is 314 g/mol. The van der Waals surface area contributed by atoms with Crippen LogP contribution in [0.4, 0.5) is 4.39 Å². The van der Waals surface area contributed by atoms with Crippen LogP contribution in [0.3, 0.4) is 0 Å². The van der Waals surface area contributed by atoms with Crippen molar-refractivity contribution >= 4 is 16.9 Å². The highest BCUT2D eigenvalue weighted by molar-refractivity contribution is 5.81. The molecular weight excluding hydrogens is 295 g/mol. The number of rotatable bonds is 3. The van der Waals surface area contributed by atoms with E-state index in [2.05, 4.69) is 9.88 Å². The lowest BCUT2D eigenvalue weighted by atomic mass is 9.81. The summed E-state index contributed by atoms with van der Waals surface area (Å²) in [5.41, 5.74) is 1.03. The largest absolute Gasteiger partial charge is 0.481 e. The first-order valence-corrected chi connectivity index (χ1v) is 8.07. The quantitative estimate of drug-likeness (QED) is 0.946. The third kappa shape index (κ3) is 2.30. The summed E-state index contributed by atoms with van der Waals surface area (Å²) < 4.78 is 13.9. The molecule has 4 rings (SSSR count). The number of nitrogens with zero attached hydrogens (tertiary/aromatic N) is 2. The van der Waals surface area contributed by atoms with Crippen LogP contribution in [-0.2, 0) is 11.3 Å². The van der Waals surface area contributed by atoms with Crippen molar-refractivity contribution in [2.75, 3.05) is 13.1 Å². The summed E-state index contributed by atoms with van der Waals surface area (Å²) in [5.74, 6) is -0.731. The summed E-state index contributed by atoms with van der Waals surface area (Å²) in [7, 11) is 0. The van der Waals surface area contributed by atoms with Crippen LogP contribution in [0.25, 0.3) is 10.9 Å². The Morgan fingerprint density at radius 2 is 2.35 bits per heavy atom. The van der Waals surface area contributed by atoms with Gasteiger partial charge in [-0.1, -0.05) is 12.5 Å². The van der Waals surface area contributed by atoms with Crippen LogP contribution in [0.2, 0.25) is 0 Å². The Hall–Kier alpha value is -2.01. The summed E-state index contributed by atoms with van der Waals surface area (Å²) in [5, 5.41) is 10.5. The number of carboxylic acid groups (broad SMARTS) is 1. The molecule has 2 heterocycles.